The molecule has 0 aliphatic heterocycles. The van der Waals surface area contributed by atoms with Crippen LogP contribution in [0.1, 0.15) is 12.5 Å². The van der Waals surface area contributed by atoms with Crippen LogP contribution in [0.15, 0.2) is 88.6 Å². The van der Waals surface area contributed by atoms with Gasteiger partial charge in [-0.25, -0.2) is 4.68 Å². The molecular formula is C24H20ClN3O2. The SMILES string of the molecule is COc1ccc(-c2[nH]n(-c3ccccc3)c(=O)c2C(C)=Nc2ccc(Cl)cc2)cc1. The van der Waals surface area contributed by atoms with Gasteiger partial charge in [-0.05, 0) is 67.6 Å². The summed E-state index contributed by atoms with van der Waals surface area (Å²) < 4.78 is 6.80. The highest BCUT2D eigenvalue weighted by molar-refractivity contribution is 6.30. The lowest BCUT2D eigenvalue weighted by Gasteiger charge is -2.05. The predicted octanol–water partition coefficient (Wildman–Crippen LogP) is 5.64. The van der Waals surface area contributed by atoms with Gasteiger partial charge in [0.2, 0.25) is 0 Å². The van der Waals surface area contributed by atoms with E-state index in [0.29, 0.717) is 22.0 Å². The third-order valence-electron chi connectivity index (χ3n) is 4.77. The number of aliphatic imine (C=N–C) groups is 1. The molecular weight excluding hydrogens is 398 g/mol. The van der Waals surface area contributed by atoms with Crippen LogP contribution in [0.25, 0.3) is 16.9 Å². The van der Waals surface area contributed by atoms with Crippen molar-refractivity contribution in [2.24, 2.45) is 4.99 Å². The average molecular weight is 418 g/mol. The number of halogens is 1. The molecule has 0 atom stereocenters. The van der Waals surface area contributed by atoms with Crippen LogP contribution in [0, 0.1) is 0 Å². The number of hydrogen-bond donors (Lipinski definition) is 1. The minimum atomic E-state index is -0.165. The number of H-pyrrole nitrogens is 1. The van der Waals surface area contributed by atoms with E-state index in [0.717, 1.165) is 22.7 Å². The van der Waals surface area contributed by atoms with Gasteiger partial charge in [-0.15, -0.1) is 0 Å². The number of ether oxygens (including phenoxy) is 1. The number of aromatic amines is 1. The Balaban J connectivity index is 1.89. The number of methoxy groups -OCH3 is 1. The van der Waals surface area contributed by atoms with Crippen molar-refractivity contribution in [3.8, 4) is 22.7 Å². The standard InChI is InChI=1S/C24H20ClN3O2/c1-16(26-19-12-10-18(25)11-13-19)22-23(17-8-14-21(30-2)15-9-17)27-28(24(22)29)20-6-4-3-5-7-20/h3-15,27H,1-2H3. The zero-order chi connectivity index (χ0) is 21.1. The Labute approximate surface area is 179 Å². The Bertz CT molecular complexity index is 1240. The second-order valence-corrected chi connectivity index (χ2v) is 7.18. The van der Waals surface area contributed by atoms with Gasteiger partial charge in [0.25, 0.3) is 5.56 Å². The zero-order valence-electron chi connectivity index (χ0n) is 16.6. The summed E-state index contributed by atoms with van der Waals surface area (Å²) in [6.07, 6.45) is 0. The molecule has 1 N–H and O–H groups in total. The summed E-state index contributed by atoms with van der Waals surface area (Å²) in [7, 11) is 1.62. The number of benzene rings is 3. The molecule has 0 saturated carbocycles. The average Bonchev–Trinajstić information content (AvgIpc) is 3.13. The van der Waals surface area contributed by atoms with Crippen LogP contribution in [0.2, 0.25) is 5.02 Å². The Morgan fingerprint density at radius 3 is 2.27 bits per heavy atom. The minimum Gasteiger partial charge on any atom is -0.497 e. The molecule has 1 aromatic heterocycles. The van der Waals surface area contributed by atoms with Crippen LogP contribution in [0.4, 0.5) is 5.69 Å². The van der Waals surface area contributed by atoms with Crippen LogP contribution in [0.3, 0.4) is 0 Å². The molecule has 0 aliphatic carbocycles. The number of hydrogen-bond acceptors (Lipinski definition) is 3. The monoisotopic (exact) mass is 417 g/mol. The summed E-state index contributed by atoms with van der Waals surface area (Å²) in [5, 5.41) is 3.89. The largest absolute Gasteiger partial charge is 0.497 e. The first-order valence-corrected chi connectivity index (χ1v) is 9.80. The molecule has 0 radical (unpaired) electrons. The summed E-state index contributed by atoms with van der Waals surface area (Å²) in [4.78, 5) is 18.0. The van der Waals surface area contributed by atoms with Crippen molar-refractivity contribution in [1.29, 1.82) is 0 Å². The van der Waals surface area contributed by atoms with Crippen molar-refractivity contribution in [3.05, 3.63) is 99.8 Å². The fourth-order valence-electron chi connectivity index (χ4n) is 3.26. The second kappa shape index (κ2) is 8.43. The minimum absolute atomic E-state index is 0.165. The third kappa shape index (κ3) is 3.93. The maximum atomic E-state index is 13.4. The van der Waals surface area contributed by atoms with E-state index in [1.165, 1.54) is 4.68 Å². The fourth-order valence-corrected chi connectivity index (χ4v) is 3.39. The first-order valence-electron chi connectivity index (χ1n) is 9.43. The van der Waals surface area contributed by atoms with Gasteiger partial charge in [-0.2, -0.15) is 0 Å². The summed E-state index contributed by atoms with van der Waals surface area (Å²) in [5.41, 5.74) is 4.00. The highest BCUT2D eigenvalue weighted by Gasteiger charge is 2.19. The van der Waals surface area contributed by atoms with Gasteiger partial charge in [0, 0.05) is 10.6 Å². The number of aromatic nitrogens is 2. The van der Waals surface area contributed by atoms with E-state index in [-0.39, 0.29) is 5.56 Å². The molecule has 150 valence electrons. The highest BCUT2D eigenvalue weighted by atomic mass is 35.5. The van der Waals surface area contributed by atoms with Gasteiger partial charge >= 0.3 is 0 Å². The quantitative estimate of drug-likeness (QED) is 0.427. The fraction of sp³-hybridized carbons (Fsp3) is 0.0833. The number of nitrogens with one attached hydrogen (secondary N) is 1. The van der Waals surface area contributed by atoms with Gasteiger partial charge in [-0.1, -0.05) is 29.8 Å². The van der Waals surface area contributed by atoms with Gasteiger partial charge in [0.15, 0.2) is 0 Å². The summed E-state index contributed by atoms with van der Waals surface area (Å²) in [5.74, 6) is 0.747. The molecule has 6 heteroatoms. The zero-order valence-corrected chi connectivity index (χ0v) is 17.4. The third-order valence-corrected chi connectivity index (χ3v) is 5.02. The van der Waals surface area contributed by atoms with E-state index in [9.17, 15) is 4.79 Å². The van der Waals surface area contributed by atoms with Crippen molar-refractivity contribution in [2.45, 2.75) is 6.92 Å². The van der Waals surface area contributed by atoms with E-state index >= 15 is 0 Å². The number of rotatable bonds is 5. The van der Waals surface area contributed by atoms with E-state index in [1.54, 1.807) is 19.2 Å². The topological polar surface area (TPSA) is 59.4 Å². The number of para-hydroxylation sites is 1. The van der Waals surface area contributed by atoms with Gasteiger partial charge in [-0.3, -0.25) is 14.9 Å². The molecule has 0 amide bonds. The van der Waals surface area contributed by atoms with Crippen molar-refractivity contribution in [1.82, 2.24) is 9.78 Å². The van der Waals surface area contributed by atoms with Gasteiger partial charge in [0.1, 0.15) is 5.75 Å². The molecule has 4 rings (SSSR count). The lowest BCUT2D eigenvalue weighted by molar-refractivity contribution is 0.415. The summed E-state index contributed by atoms with van der Waals surface area (Å²) in [6.45, 7) is 1.83. The molecule has 0 bridgehead atoms. The molecule has 0 unspecified atom stereocenters. The van der Waals surface area contributed by atoms with E-state index in [1.807, 2.05) is 73.7 Å². The Kier molecular flexibility index (Phi) is 5.55. The lowest BCUT2D eigenvalue weighted by atomic mass is 10.0. The maximum Gasteiger partial charge on any atom is 0.280 e. The van der Waals surface area contributed by atoms with E-state index < -0.39 is 0 Å². The number of nitrogens with zero attached hydrogens (tertiary/aromatic N) is 2. The van der Waals surface area contributed by atoms with Crippen molar-refractivity contribution >= 4 is 23.0 Å². The van der Waals surface area contributed by atoms with Crippen molar-refractivity contribution in [2.75, 3.05) is 7.11 Å². The van der Waals surface area contributed by atoms with Gasteiger partial charge < -0.3 is 4.74 Å². The molecule has 3 aromatic carbocycles. The molecule has 0 aliphatic rings. The van der Waals surface area contributed by atoms with Crippen LogP contribution in [0.5, 0.6) is 5.75 Å². The maximum absolute atomic E-state index is 13.4. The summed E-state index contributed by atoms with van der Waals surface area (Å²) >= 11 is 5.97. The second-order valence-electron chi connectivity index (χ2n) is 6.74. The molecule has 30 heavy (non-hydrogen) atoms. The summed E-state index contributed by atoms with van der Waals surface area (Å²) in [6, 6.07) is 24.2. The molecule has 0 fully saturated rings. The van der Waals surface area contributed by atoms with Crippen molar-refractivity contribution in [3.63, 3.8) is 0 Å². The van der Waals surface area contributed by atoms with Gasteiger partial charge in [0.05, 0.1) is 35.5 Å². The first-order chi connectivity index (χ1) is 14.6. The smallest absolute Gasteiger partial charge is 0.280 e. The van der Waals surface area contributed by atoms with Crippen molar-refractivity contribution < 1.29 is 4.74 Å². The molecule has 1 heterocycles. The molecule has 0 spiro atoms. The van der Waals surface area contributed by atoms with Crippen LogP contribution in [-0.2, 0) is 0 Å². The van der Waals surface area contributed by atoms with Crippen LogP contribution < -0.4 is 10.3 Å². The van der Waals surface area contributed by atoms with Crippen LogP contribution >= 0.6 is 11.6 Å². The Hall–Kier alpha value is -3.57. The molecule has 0 saturated heterocycles. The first kappa shape index (κ1) is 19.7. The highest BCUT2D eigenvalue weighted by Crippen LogP contribution is 2.25. The Morgan fingerprint density at radius 2 is 1.63 bits per heavy atom. The van der Waals surface area contributed by atoms with Crippen LogP contribution in [-0.4, -0.2) is 22.6 Å². The lowest BCUT2D eigenvalue weighted by Crippen LogP contribution is -2.19. The predicted molar refractivity (Wildman–Crippen MR) is 122 cm³/mol. The normalized spacial score (nSPS) is 11.5. The van der Waals surface area contributed by atoms with E-state index in [4.69, 9.17) is 16.3 Å². The molecule has 4 aromatic rings. The van der Waals surface area contributed by atoms with E-state index in [2.05, 4.69) is 10.1 Å². The Morgan fingerprint density at radius 1 is 0.967 bits per heavy atom. The molecule has 5 nitrogen and oxygen atoms in total.